The maximum Gasteiger partial charge on any atom is 0.0546 e. The molecule has 0 amide bonds. The molecule has 0 bridgehead atoms. The van der Waals surface area contributed by atoms with Crippen LogP contribution in [0.2, 0.25) is 0 Å². The predicted octanol–water partition coefficient (Wildman–Crippen LogP) is 12.6. The van der Waals surface area contributed by atoms with Gasteiger partial charge >= 0.3 is 0 Å². The van der Waals surface area contributed by atoms with Crippen molar-refractivity contribution < 1.29 is 0 Å². The van der Waals surface area contributed by atoms with Crippen molar-refractivity contribution in [1.29, 1.82) is 0 Å². The fraction of sp³-hybridized carbons (Fsp3) is 0. The maximum atomic E-state index is 2.48. The second-order valence-electron chi connectivity index (χ2n) is 11.7. The molecule has 0 spiro atoms. The van der Waals surface area contributed by atoms with Crippen LogP contribution in [0.3, 0.4) is 0 Å². The Labute approximate surface area is 262 Å². The molecular formula is C44H29N. The first kappa shape index (κ1) is 25.6. The molecule has 0 saturated heterocycles. The van der Waals surface area contributed by atoms with Crippen molar-refractivity contribution in [2.75, 3.05) is 4.90 Å². The van der Waals surface area contributed by atoms with E-state index >= 15 is 0 Å². The molecule has 9 aromatic carbocycles. The van der Waals surface area contributed by atoms with Gasteiger partial charge < -0.3 is 4.90 Å². The Bertz CT molecular complexity index is 2550. The van der Waals surface area contributed by atoms with Gasteiger partial charge in [-0.15, -0.1) is 0 Å². The Morgan fingerprint density at radius 2 is 0.867 bits per heavy atom. The molecule has 1 heteroatoms. The number of nitrogens with zero attached hydrogens (tertiary/aromatic N) is 1. The Balaban J connectivity index is 1.41. The summed E-state index contributed by atoms with van der Waals surface area (Å²) in [5.74, 6) is 0. The summed E-state index contributed by atoms with van der Waals surface area (Å²) in [4.78, 5) is 2.48. The van der Waals surface area contributed by atoms with Crippen molar-refractivity contribution in [1.82, 2.24) is 0 Å². The van der Waals surface area contributed by atoms with Crippen molar-refractivity contribution in [3.8, 4) is 11.1 Å². The van der Waals surface area contributed by atoms with Crippen LogP contribution in [-0.4, -0.2) is 0 Å². The highest BCUT2D eigenvalue weighted by molar-refractivity contribution is 6.22. The lowest BCUT2D eigenvalue weighted by Crippen LogP contribution is -2.11. The summed E-state index contributed by atoms with van der Waals surface area (Å²) in [5.41, 5.74) is 5.86. The number of anilines is 3. The molecule has 1 nitrogen and oxygen atoms in total. The smallest absolute Gasteiger partial charge is 0.0546 e. The molecule has 0 aliphatic carbocycles. The first-order valence-corrected chi connectivity index (χ1v) is 15.5. The van der Waals surface area contributed by atoms with Gasteiger partial charge in [-0.05, 0) is 78.5 Å². The van der Waals surface area contributed by atoms with Gasteiger partial charge in [-0.1, -0.05) is 152 Å². The molecule has 0 aliphatic rings. The molecule has 45 heavy (non-hydrogen) atoms. The molecule has 0 atom stereocenters. The number of hydrogen-bond donors (Lipinski definition) is 0. The Morgan fingerprint density at radius 3 is 1.71 bits per heavy atom. The maximum absolute atomic E-state index is 2.48. The van der Waals surface area contributed by atoms with E-state index in [4.69, 9.17) is 0 Å². The van der Waals surface area contributed by atoms with Crippen molar-refractivity contribution in [2.45, 2.75) is 0 Å². The number of rotatable bonds is 4. The zero-order chi connectivity index (χ0) is 29.7. The predicted molar refractivity (Wildman–Crippen MR) is 194 cm³/mol. The highest BCUT2D eigenvalue weighted by Crippen LogP contribution is 2.46. The molecule has 0 unspecified atom stereocenters. The molecule has 0 aromatic heterocycles. The number of fused-ring (bicyclic) bond motifs is 8. The first-order chi connectivity index (χ1) is 22.3. The molecular weight excluding hydrogens is 542 g/mol. The molecule has 0 heterocycles. The SMILES string of the molecule is c1ccc(-c2cccc(N(c3cc4ccccc4c4ccccc34)c3cccc4ccc5c6ccccc6ccc5c34)c2)cc1. The highest BCUT2D eigenvalue weighted by atomic mass is 15.1. The zero-order valence-corrected chi connectivity index (χ0v) is 24.7. The third-order valence-electron chi connectivity index (χ3n) is 9.18. The van der Waals surface area contributed by atoms with Crippen LogP contribution in [0.1, 0.15) is 0 Å². The first-order valence-electron chi connectivity index (χ1n) is 15.5. The van der Waals surface area contributed by atoms with Crippen LogP contribution in [0.5, 0.6) is 0 Å². The van der Waals surface area contributed by atoms with Crippen LogP contribution < -0.4 is 4.90 Å². The molecule has 210 valence electrons. The van der Waals surface area contributed by atoms with Crippen LogP contribution in [0, 0.1) is 0 Å². The van der Waals surface area contributed by atoms with E-state index in [1.165, 1.54) is 76.4 Å². The lowest BCUT2D eigenvalue weighted by Gasteiger charge is -2.29. The summed E-state index contributed by atoms with van der Waals surface area (Å²) in [5, 5.41) is 12.5. The van der Waals surface area contributed by atoms with Crippen LogP contribution in [0.15, 0.2) is 176 Å². The van der Waals surface area contributed by atoms with E-state index in [0.717, 1.165) is 5.69 Å². The summed E-state index contributed by atoms with van der Waals surface area (Å²) in [6.45, 7) is 0. The van der Waals surface area contributed by atoms with Gasteiger partial charge in [-0.2, -0.15) is 0 Å². The lowest BCUT2D eigenvalue weighted by molar-refractivity contribution is 1.32. The molecule has 0 radical (unpaired) electrons. The average Bonchev–Trinajstić information content (AvgIpc) is 3.12. The summed E-state index contributed by atoms with van der Waals surface area (Å²) < 4.78 is 0. The van der Waals surface area contributed by atoms with Gasteiger partial charge in [-0.25, -0.2) is 0 Å². The van der Waals surface area contributed by atoms with Crippen molar-refractivity contribution in [3.63, 3.8) is 0 Å². The number of benzene rings is 9. The molecule has 9 rings (SSSR count). The molecule has 9 aromatic rings. The Morgan fingerprint density at radius 1 is 0.289 bits per heavy atom. The van der Waals surface area contributed by atoms with Crippen molar-refractivity contribution in [2.24, 2.45) is 0 Å². The lowest BCUT2D eigenvalue weighted by atomic mass is 9.94. The minimum atomic E-state index is 1.13. The summed E-state index contributed by atoms with van der Waals surface area (Å²) in [6.07, 6.45) is 0. The summed E-state index contributed by atoms with van der Waals surface area (Å²) in [7, 11) is 0. The van der Waals surface area contributed by atoms with E-state index in [2.05, 4.69) is 181 Å². The van der Waals surface area contributed by atoms with E-state index in [1.807, 2.05) is 0 Å². The van der Waals surface area contributed by atoms with Gasteiger partial charge in [-0.3, -0.25) is 0 Å². The van der Waals surface area contributed by atoms with E-state index < -0.39 is 0 Å². The largest absolute Gasteiger partial charge is 0.309 e. The van der Waals surface area contributed by atoms with Gasteiger partial charge in [0.05, 0.1) is 11.4 Å². The van der Waals surface area contributed by atoms with Crippen LogP contribution >= 0.6 is 0 Å². The van der Waals surface area contributed by atoms with Crippen molar-refractivity contribution in [3.05, 3.63) is 176 Å². The van der Waals surface area contributed by atoms with Crippen LogP contribution in [-0.2, 0) is 0 Å². The van der Waals surface area contributed by atoms with E-state index in [-0.39, 0.29) is 0 Å². The van der Waals surface area contributed by atoms with Gasteiger partial charge in [0.15, 0.2) is 0 Å². The van der Waals surface area contributed by atoms with E-state index in [9.17, 15) is 0 Å². The van der Waals surface area contributed by atoms with Crippen LogP contribution in [0.25, 0.3) is 65.0 Å². The highest BCUT2D eigenvalue weighted by Gasteiger charge is 2.21. The summed E-state index contributed by atoms with van der Waals surface area (Å²) in [6, 6.07) is 64.1. The summed E-state index contributed by atoms with van der Waals surface area (Å²) >= 11 is 0. The molecule has 0 aliphatic heterocycles. The van der Waals surface area contributed by atoms with Gasteiger partial charge in [0.1, 0.15) is 0 Å². The van der Waals surface area contributed by atoms with Gasteiger partial charge in [0.25, 0.3) is 0 Å². The fourth-order valence-electron chi connectivity index (χ4n) is 7.13. The molecule has 0 N–H and O–H groups in total. The second kappa shape index (κ2) is 10.4. The third kappa shape index (κ3) is 4.17. The fourth-order valence-corrected chi connectivity index (χ4v) is 7.13. The van der Waals surface area contributed by atoms with Crippen LogP contribution in [0.4, 0.5) is 17.1 Å². The molecule has 0 fully saturated rings. The normalized spacial score (nSPS) is 11.6. The Hall–Kier alpha value is -5.92. The van der Waals surface area contributed by atoms with E-state index in [1.54, 1.807) is 0 Å². The number of hydrogen-bond acceptors (Lipinski definition) is 1. The van der Waals surface area contributed by atoms with Crippen molar-refractivity contribution >= 4 is 70.9 Å². The topological polar surface area (TPSA) is 3.24 Å². The van der Waals surface area contributed by atoms with Gasteiger partial charge in [0, 0.05) is 16.5 Å². The van der Waals surface area contributed by atoms with Gasteiger partial charge in [0.2, 0.25) is 0 Å². The monoisotopic (exact) mass is 571 g/mol. The molecule has 0 saturated carbocycles. The quantitative estimate of drug-likeness (QED) is 0.190. The van der Waals surface area contributed by atoms with E-state index in [0.29, 0.717) is 0 Å². The third-order valence-corrected chi connectivity index (χ3v) is 9.18. The zero-order valence-electron chi connectivity index (χ0n) is 24.7. The average molecular weight is 572 g/mol. The minimum Gasteiger partial charge on any atom is -0.309 e. The minimum absolute atomic E-state index is 1.13. The Kier molecular flexibility index (Phi) is 5.89. The standard InChI is InChI=1S/C44H29N/c1-2-12-30(13-3-1)33-17-10-18-35(28-33)45(43-29-34-15-5-7-20-37(34)38-21-8-9-22-40(38)43)42-23-11-16-32-25-26-39-36-19-6-4-14-31(36)24-27-41(39)44(32)42/h1-29H. The second-order valence-corrected chi connectivity index (χ2v) is 11.7.